The zero-order valence-electron chi connectivity index (χ0n) is 9.41. The predicted molar refractivity (Wildman–Crippen MR) is 66.3 cm³/mol. The summed E-state index contributed by atoms with van der Waals surface area (Å²) in [4.78, 5) is 2.15. The molecule has 1 aromatic carbocycles. The SMILES string of the molecule is CN(C)CCC(N)Cc1cccc(Cl)c1. The van der Waals surface area contributed by atoms with Gasteiger partial charge in [0.05, 0.1) is 0 Å². The lowest BCUT2D eigenvalue weighted by molar-refractivity contribution is 0.379. The third kappa shape index (κ3) is 5.17. The molecule has 0 aliphatic rings. The third-order valence-electron chi connectivity index (χ3n) is 2.33. The summed E-state index contributed by atoms with van der Waals surface area (Å²) in [6.07, 6.45) is 1.91. The van der Waals surface area contributed by atoms with E-state index in [1.165, 1.54) is 5.56 Å². The number of nitrogens with two attached hydrogens (primary N) is 1. The minimum absolute atomic E-state index is 0.214. The van der Waals surface area contributed by atoms with Gasteiger partial charge in [0.2, 0.25) is 0 Å². The lowest BCUT2D eigenvalue weighted by atomic mass is 10.0. The summed E-state index contributed by atoms with van der Waals surface area (Å²) in [5.74, 6) is 0. The molecule has 0 aliphatic heterocycles. The molecule has 0 saturated carbocycles. The summed E-state index contributed by atoms with van der Waals surface area (Å²) in [5, 5.41) is 0.785. The molecule has 0 saturated heterocycles. The Kier molecular flexibility index (Phi) is 5.09. The van der Waals surface area contributed by atoms with E-state index in [-0.39, 0.29) is 6.04 Å². The molecular weight excluding hydrogens is 208 g/mol. The molecule has 2 N–H and O–H groups in total. The van der Waals surface area contributed by atoms with Gasteiger partial charge in [-0.2, -0.15) is 0 Å². The topological polar surface area (TPSA) is 29.3 Å². The monoisotopic (exact) mass is 226 g/mol. The molecule has 1 atom stereocenters. The standard InChI is InChI=1S/C12H19ClN2/c1-15(2)7-6-12(14)9-10-4-3-5-11(13)8-10/h3-5,8,12H,6-7,9,14H2,1-2H3. The fourth-order valence-corrected chi connectivity index (χ4v) is 1.71. The minimum Gasteiger partial charge on any atom is -0.327 e. The first kappa shape index (κ1) is 12.5. The molecule has 2 nitrogen and oxygen atoms in total. The highest BCUT2D eigenvalue weighted by atomic mass is 35.5. The maximum atomic E-state index is 6.03. The van der Waals surface area contributed by atoms with Crippen molar-refractivity contribution in [2.45, 2.75) is 18.9 Å². The second kappa shape index (κ2) is 6.11. The van der Waals surface area contributed by atoms with E-state index in [1.54, 1.807) is 0 Å². The highest BCUT2D eigenvalue weighted by molar-refractivity contribution is 6.30. The van der Waals surface area contributed by atoms with Gasteiger partial charge in [-0.05, 0) is 51.2 Å². The van der Waals surface area contributed by atoms with Crippen LogP contribution in [0.1, 0.15) is 12.0 Å². The Morgan fingerprint density at radius 3 is 2.73 bits per heavy atom. The van der Waals surface area contributed by atoms with Crippen LogP contribution >= 0.6 is 11.6 Å². The van der Waals surface area contributed by atoms with Crippen molar-refractivity contribution >= 4 is 11.6 Å². The van der Waals surface area contributed by atoms with Crippen molar-refractivity contribution in [1.82, 2.24) is 4.90 Å². The van der Waals surface area contributed by atoms with Gasteiger partial charge in [0.1, 0.15) is 0 Å². The zero-order valence-corrected chi connectivity index (χ0v) is 10.2. The van der Waals surface area contributed by atoms with E-state index in [1.807, 2.05) is 18.2 Å². The number of nitrogens with zero attached hydrogens (tertiary/aromatic N) is 1. The molecule has 0 amide bonds. The van der Waals surface area contributed by atoms with Crippen LogP contribution in [-0.4, -0.2) is 31.6 Å². The van der Waals surface area contributed by atoms with Gasteiger partial charge in [-0.3, -0.25) is 0 Å². The van der Waals surface area contributed by atoms with E-state index in [9.17, 15) is 0 Å². The fourth-order valence-electron chi connectivity index (χ4n) is 1.49. The highest BCUT2D eigenvalue weighted by Gasteiger charge is 2.04. The number of benzene rings is 1. The molecule has 1 unspecified atom stereocenters. The van der Waals surface area contributed by atoms with Crippen LogP contribution in [0.2, 0.25) is 5.02 Å². The van der Waals surface area contributed by atoms with Crippen molar-refractivity contribution in [3.63, 3.8) is 0 Å². The van der Waals surface area contributed by atoms with Gasteiger partial charge in [-0.25, -0.2) is 0 Å². The molecule has 0 radical (unpaired) electrons. The maximum Gasteiger partial charge on any atom is 0.0408 e. The molecular formula is C12H19ClN2. The quantitative estimate of drug-likeness (QED) is 0.834. The van der Waals surface area contributed by atoms with Gasteiger partial charge in [-0.1, -0.05) is 23.7 Å². The van der Waals surface area contributed by atoms with Crippen LogP contribution < -0.4 is 5.73 Å². The van der Waals surface area contributed by atoms with Crippen LogP contribution in [-0.2, 0) is 6.42 Å². The van der Waals surface area contributed by atoms with Crippen molar-refractivity contribution in [2.75, 3.05) is 20.6 Å². The second-order valence-electron chi connectivity index (χ2n) is 4.19. The van der Waals surface area contributed by atoms with Crippen molar-refractivity contribution in [3.05, 3.63) is 34.9 Å². The molecule has 1 aromatic rings. The summed E-state index contributed by atoms with van der Waals surface area (Å²) in [7, 11) is 4.12. The van der Waals surface area contributed by atoms with Gasteiger partial charge >= 0.3 is 0 Å². The summed E-state index contributed by atoms with van der Waals surface area (Å²) < 4.78 is 0. The van der Waals surface area contributed by atoms with E-state index in [4.69, 9.17) is 17.3 Å². The van der Waals surface area contributed by atoms with Crippen molar-refractivity contribution in [2.24, 2.45) is 5.73 Å². The second-order valence-corrected chi connectivity index (χ2v) is 4.62. The molecule has 0 spiro atoms. The van der Waals surface area contributed by atoms with E-state index in [0.717, 1.165) is 24.4 Å². The number of rotatable bonds is 5. The van der Waals surface area contributed by atoms with Crippen LogP contribution in [0, 0.1) is 0 Å². The van der Waals surface area contributed by atoms with E-state index in [2.05, 4.69) is 25.1 Å². The molecule has 0 aromatic heterocycles. The molecule has 15 heavy (non-hydrogen) atoms. The Morgan fingerprint density at radius 2 is 2.13 bits per heavy atom. The third-order valence-corrected chi connectivity index (χ3v) is 2.57. The Hall–Kier alpha value is -0.570. The average Bonchev–Trinajstić information content (AvgIpc) is 2.15. The highest BCUT2D eigenvalue weighted by Crippen LogP contribution is 2.12. The largest absolute Gasteiger partial charge is 0.327 e. The lowest BCUT2D eigenvalue weighted by Crippen LogP contribution is -2.28. The van der Waals surface area contributed by atoms with E-state index >= 15 is 0 Å². The van der Waals surface area contributed by atoms with Crippen LogP contribution in [0.25, 0.3) is 0 Å². The van der Waals surface area contributed by atoms with Crippen molar-refractivity contribution < 1.29 is 0 Å². The van der Waals surface area contributed by atoms with Crippen molar-refractivity contribution in [1.29, 1.82) is 0 Å². The Labute approximate surface area is 97.0 Å². The lowest BCUT2D eigenvalue weighted by Gasteiger charge is -2.15. The normalized spacial score (nSPS) is 13.1. The summed E-state index contributed by atoms with van der Waals surface area (Å²) in [6, 6.07) is 8.12. The molecule has 84 valence electrons. The van der Waals surface area contributed by atoms with Gasteiger partial charge in [-0.15, -0.1) is 0 Å². The molecule has 0 bridgehead atoms. The molecule has 1 rings (SSSR count). The summed E-state index contributed by atoms with van der Waals surface area (Å²) >= 11 is 5.91. The first-order valence-corrected chi connectivity index (χ1v) is 5.60. The van der Waals surface area contributed by atoms with Crippen LogP contribution in [0.5, 0.6) is 0 Å². The average molecular weight is 227 g/mol. The Bertz CT molecular complexity index is 299. The maximum absolute atomic E-state index is 6.03. The van der Waals surface area contributed by atoms with Crippen molar-refractivity contribution in [3.8, 4) is 0 Å². The first-order valence-electron chi connectivity index (χ1n) is 5.22. The van der Waals surface area contributed by atoms with Gasteiger partial charge in [0.15, 0.2) is 0 Å². The summed E-state index contributed by atoms with van der Waals surface area (Å²) in [6.45, 7) is 1.03. The number of hydrogen-bond donors (Lipinski definition) is 1. The fraction of sp³-hybridized carbons (Fsp3) is 0.500. The van der Waals surface area contributed by atoms with Crippen LogP contribution in [0.15, 0.2) is 24.3 Å². The summed E-state index contributed by atoms with van der Waals surface area (Å²) in [5.41, 5.74) is 7.25. The minimum atomic E-state index is 0.214. The van der Waals surface area contributed by atoms with E-state index < -0.39 is 0 Å². The molecule has 0 aliphatic carbocycles. The van der Waals surface area contributed by atoms with Crippen LogP contribution in [0.3, 0.4) is 0 Å². The molecule has 0 heterocycles. The van der Waals surface area contributed by atoms with Gasteiger partial charge in [0, 0.05) is 11.1 Å². The van der Waals surface area contributed by atoms with E-state index in [0.29, 0.717) is 0 Å². The van der Waals surface area contributed by atoms with Gasteiger partial charge in [0.25, 0.3) is 0 Å². The Balaban J connectivity index is 2.40. The number of hydrogen-bond acceptors (Lipinski definition) is 2. The predicted octanol–water partition coefficient (Wildman–Crippen LogP) is 2.16. The molecule has 3 heteroatoms. The smallest absolute Gasteiger partial charge is 0.0408 e. The van der Waals surface area contributed by atoms with Crippen LogP contribution in [0.4, 0.5) is 0 Å². The first-order chi connectivity index (χ1) is 7.08. The zero-order chi connectivity index (χ0) is 11.3. The molecule has 0 fully saturated rings. The van der Waals surface area contributed by atoms with Gasteiger partial charge < -0.3 is 10.6 Å². The Morgan fingerprint density at radius 1 is 1.40 bits per heavy atom. The number of halogens is 1.